The zero-order valence-corrected chi connectivity index (χ0v) is 20.3. The lowest BCUT2D eigenvalue weighted by atomic mass is 9.99. The summed E-state index contributed by atoms with van der Waals surface area (Å²) in [6.07, 6.45) is -2.96. The van der Waals surface area contributed by atoms with E-state index >= 15 is 4.39 Å². The Hall–Kier alpha value is -4.55. The number of aryl methyl sites for hydroxylation is 1. The SMILES string of the molecule is Cc1cccnc1-n1nc2c(c1-c1cc(F)c(NC(N)=O)cc1F)CN(c1ccc(C(F)(F)F)cc1F)CC2. The fourth-order valence-corrected chi connectivity index (χ4v) is 4.60. The van der Waals surface area contributed by atoms with Crippen molar-refractivity contribution in [1.29, 1.82) is 0 Å². The van der Waals surface area contributed by atoms with E-state index in [0.29, 0.717) is 28.7 Å². The number of alkyl halides is 3. The quantitative estimate of drug-likeness (QED) is 0.320. The van der Waals surface area contributed by atoms with Gasteiger partial charge in [0, 0.05) is 42.9 Å². The summed E-state index contributed by atoms with van der Waals surface area (Å²) in [5.74, 6) is -2.60. The van der Waals surface area contributed by atoms with Crippen LogP contribution in [-0.2, 0) is 19.1 Å². The van der Waals surface area contributed by atoms with Crippen molar-refractivity contribution in [3.63, 3.8) is 0 Å². The van der Waals surface area contributed by atoms with E-state index in [1.165, 1.54) is 15.8 Å². The second kappa shape index (κ2) is 9.64. The monoisotopic (exact) mass is 546 g/mol. The molecule has 3 heterocycles. The van der Waals surface area contributed by atoms with E-state index < -0.39 is 40.9 Å². The van der Waals surface area contributed by atoms with E-state index in [2.05, 4.69) is 10.1 Å². The molecule has 0 spiro atoms. The molecule has 39 heavy (non-hydrogen) atoms. The maximum atomic E-state index is 15.5. The molecule has 7 nitrogen and oxygen atoms in total. The number of carbonyl (C=O) groups excluding carboxylic acids is 1. The largest absolute Gasteiger partial charge is 0.416 e. The van der Waals surface area contributed by atoms with Gasteiger partial charge in [-0.15, -0.1) is 0 Å². The molecule has 202 valence electrons. The number of halogens is 6. The van der Waals surface area contributed by atoms with Gasteiger partial charge < -0.3 is 16.0 Å². The molecule has 1 aliphatic rings. The molecule has 13 heteroatoms. The number of nitrogens with two attached hydrogens (primary N) is 1. The molecule has 0 aliphatic carbocycles. The summed E-state index contributed by atoms with van der Waals surface area (Å²) in [4.78, 5) is 17.0. The van der Waals surface area contributed by atoms with Crippen molar-refractivity contribution >= 4 is 17.4 Å². The first-order valence-electron chi connectivity index (χ1n) is 11.6. The summed E-state index contributed by atoms with van der Waals surface area (Å²) >= 11 is 0. The molecule has 0 unspecified atom stereocenters. The first-order chi connectivity index (χ1) is 18.4. The molecule has 2 aromatic heterocycles. The van der Waals surface area contributed by atoms with Crippen LogP contribution in [0.15, 0.2) is 48.7 Å². The third-order valence-electron chi connectivity index (χ3n) is 6.40. The van der Waals surface area contributed by atoms with Crippen LogP contribution >= 0.6 is 0 Å². The van der Waals surface area contributed by atoms with Gasteiger partial charge in [-0.25, -0.2) is 27.6 Å². The second-order valence-electron chi connectivity index (χ2n) is 8.97. The maximum Gasteiger partial charge on any atom is 0.416 e. The van der Waals surface area contributed by atoms with Gasteiger partial charge in [0.2, 0.25) is 0 Å². The number of carbonyl (C=O) groups is 1. The van der Waals surface area contributed by atoms with Crippen LogP contribution in [0.4, 0.5) is 42.5 Å². The van der Waals surface area contributed by atoms with Gasteiger partial charge in [-0.3, -0.25) is 0 Å². The molecule has 3 N–H and O–H groups in total. The van der Waals surface area contributed by atoms with Crippen molar-refractivity contribution in [1.82, 2.24) is 14.8 Å². The van der Waals surface area contributed by atoms with Crippen molar-refractivity contribution in [2.75, 3.05) is 16.8 Å². The number of nitrogens with one attached hydrogen (secondary N) is 1. The molecule has 2 amide bonds. The Morgan fingerprint density at radius 3 is 2.49 bits per heavy atom. The minimum atomic E-state index is -4.71. The van der Waals surface area contributed by atoms with Crippen LogP contribution in [0.25, 0.3) is 17.1 Å². The molecular weight excluding hydrogens is 526 g/mol. The van der Waals surface area contributed by atoms with Crippen LogP contribution in [-0.4, -0.2) is 27.3 Å². The van der Waals surface area contributed by atoms with Gasteiger partial charge in [0.1, 0.15) is 17.5 Å². The van der Waals surface area contributed by atoms with Gasteiger partial charge in [0.05, 0.1) is 28.3 Å². The number of urea groups is 1. The number of hydrogen-bond acceptors (Lipinski definition) is 4. The molecule has 4 aromatic rings. The van der Waals surface area contributed by atoms with Gasteiger partial charge in [-0.1, -0.05) is 6.07 Å². The summed E-state index contributed by atoms with van der Waals surface area (Å²) < 4.78 is 85.7. The van der Waals surface area contributed by atoms with E-state index in [1.54, 1.807) is 19.1 Å². The Labute approximate surface area is 217 Å². The minimum absolute atomic E-state index is 0.0544. The summed E-state index contributed by atoms with van der Waals surface area (Å²) in [5, 5.41) is 6.62. The molecule has 0 atom stereocenters. The summed E-state index contributed by atoms with van der Waals surface area (Å²) in [7, 11) is 0. The second-order valence-corrected chi connectivity index (χ2v) is 8.97. The van der Waals surface area contributed by atoms with Gasteiger partial charge >= 0.3 is 12.2 Å². The van der Waals surface area contributed by atoms with Crippen LogP contribution in [0.1, 0.15) is 22.4 Å². The molecule has 0 saturated heterocycles. The fourth-order valence-electron chi connectivity index (χ4n) is 4.60. The summed E-state index contributed by atoms with van der Waals surface area (Å²) in [6.45, 7) is 1.92. The number of aromatic nitrogens is 3. The predicted molar refractivity (Wildman–Crippen MR) is 131 cm³/mol. The van der Waals surface area contributed by atoms with Crippen LogP contribution in [0.5, 0.6) is 0 Å². The van der Waals surface area contributed by atoms with Crippen LogP contribution in [0, 0.1) is 24.4 Å². The van der Waals surface area contributed by atoms with Gasteiger partial charge in [-0.2, -0.15) is 18.3 Å². The third-order valence-corrected chi connectivity index (χ3v) is 6.40. The number of benzene rings is 2. The minimum Gasteiger partial charge on any atom is -0.364 e. The van der Waals surface area contributed by atoms with Gasteiger partial charge in [0.15, 0.2) is 5.82 Å². The first-order valence-corrected chi connectivity index (χ1v) is 11.6. The lowest BCUT2D eigenvalue weighted by Gasteiger charge is -2.29. The third kappa shape index (κ3) is 4.87. The first kappa shape index (κ1) is 26.1. The highest BCUT2D eigenvalue weighted by Gasteiger charge is 2.33. The van der Waals surface area contributed by atoms with Crippen molar-refractivity contribution in [3.05, 3.63) is 88.5 Å². The van der Waals surface area contributed by atoms with Crippen molar-refractivity contribution in [2.45, 2.75) is 26.1 Å². The van der Waals surface area contributed by atoms with E-state index in [9.17, 15) is 26.7 Å². The molecule has 0 bridgehead atoms. The van der Waals surface area contributed by atoms with Crippen LogP contribution in [0.2, 0.25) is 0 Å². The summed E-state index contributed by atoms with van der Waals surface area (Å²) in [6, 6.07) is 6.28. The smallest absolute Gasteiger partial charge is 0.364 e. The molecule has 2 aromatic carbocycles. The van der Waals surface area contributed by atoms with Crippen LogP contribution in [0.3, 0.4) is 0 Å². The van der Waals surface area contributed by atoms with E-state index in [4.69, 9.17) is 5.73 Å². The number of nitrogens with zero attached hydrogens (tertiary/aromatic N) is 4. The highest BCUT2D eigenvalue weighted by molar-refractivity contribution is 5.88. The molecule has 0 fully saturated rings. The highest BCUT2D eigenvalue weighted by atomic mass is 19.4. The number of anilines is 2. The Morgan fingerprint density at radius 1 is 1.05 bits per heavy atom. The Morgan fingerprint density at radius 2 is 1.82 bits per heavy atom. The lowest BCUT2D eigenvalue weighted by Crippen LogP contribution is -2.31. The number of primary amides is 1. The van der Waals surface area contributed by atoms with E-state index in [-0.39, 0.29) is 36.5 Å². The average Bonchev–Trinajstić information content (AvgIpc) is 3.23. The molecule has 0 saturated carbocycles. The lowest BCUT2D eigenvalue weighted by molar-refractivity contribution is -0.137. The zero-order chi connectivity index (χ0) is 28.1. The number of fused-ring (bicyclic) bond motifs is 1. The number of rotatable bonds is 4. The molecule has 1 aliphatic heterocycles. The number of hydrogen-bond donors (Lipinski definition) is 2. The summed E-state index contributed by atoms with van der Waals surface area (Å²) in [5.41, 5.74) is 4.90. The molecular formula is C26H20F6N6O. The van der Waals surface area contributed by atoms with Crippen LogP contribution < -0.4 is 16.0 Å². The zero-order valence-electron chi connectivity index (χ0n) is 20.3. The highest BCUT2D eigenvalue weighted by Crippen LogP contribution is 2.38. The standard InChI is InChI=1S/C26H20F6N6O/c1-13-3-2-7-34-24(13)38-23(15-10-18(28)21(11-17(15)27)35-25(33)39)16-12-37(8-6-20(16)36-38)22-5-4-14(9-19(22)29)26(30,31)32/h2-5,7,9-11H,6,8,12H2,1H3,(H3,33,35,39). The van der Waals surface area contributed by atoms with Crippen molar-refractivity contribution in [3.8, 4) is 17.1 Å². The topological polar surface area (TPSA) is 89.1 Å². The average molecular weight is 546 g/mol. The number of pyridine rings is 1. The Kier molecular flexibility index (Phi) is 6.44. The Balaban J connectivity index is 1.65. The maximum absolute atomic E-state index is 15.5. The molecule has 0 radical (unpaired) electrons. The fraction of sp³-hybridized carbons (Fsp3) is 0.192. The van der Waals surface area contributed by atoms with Crippen molar-refractivity contribution in [2.24, 2.45) is 5.73 Å². The molecule has 5 rings (SSSR count). The van der Waals surface area contributed by atoms with E-state index in [0.717, 1.165) is 24.3 Å². The predicted octanol–water partition coefficient (Wildman–Crippen LogP) is 5.73. The van der Waals surface area contributed by atoms with Gasteiger partial charge in [-0.05, 0) is 42.8 Å². The van der Waals surface area contributed by atoms with E-state index in [1.807, 2.05) is 5.32 Å². The van der Waals surface area contributed by atoms with Gasteiger partial charge in [0.25, 0.3) is 0 Å². The van der Waals surface area contributed by atoms with Crippen molar-refractivity contribution < 1.29 is 31.1 Å². The Bertz CT molecular complexity index is 1600. The number of amides is 2. The normalized spacial score (nSPS) is 13.4.